The summed E-state index contributed by atoms with van der Waals surface area (Å²) in [7, 11) is 0. The van der Waals surface area contributed by atoms with Crippen molar-refractivity contribution in [3.05, 3.63) is 54.2 Å². The first kappa shape index (κ1) is 11.4. The van der Waals surface area contributed by atoms with Crippen LogP contribution in [0.4, 0.5) is 0 Å². The van der Waals surface area contributed by atoms with Crippen LogP contribution in [0.25, 0.3) is 5.57 Å². The van der Waals surface area contributed by atoms with Crippen molar-refractivity contribution < 1.29 is 0 Å². The summed E-state index contributed by atoms with van der Waals surface area (Å²) in [6.45, 7) is 7.92. The Morgan fingerprint density at radius 2 is 2.00 bits per heavy atom. The van der Waals surface area contributed by atoms with Crippen LogP contribution in [-0.2, 0) is 0 Å². The molecule has 0 heterocycles. The molecule has 0 bridgehead atoms. The third-order valence-corrected chi connectivity index (χ3v) is 2.21. The lowest BCUT2D eigenvalue weighted by Crippen LogP contribution is -1.85. The average molecular weight is 199 g/mol. The predicted octanol–water partition coefficient (Wildman–Crippen LogP) is 4.08. The van der Waals surface area contributed by atoms with E-state index >= 15 is 0 Å². The minimum absolute atomic E-state index is 0.891. The van der Waals surface area contributed by atoms with Crippen LogP contribution in [-0.4, -0.2) is 6.21 Å². The molecule has 0 saturated heterocycles. The number of aliphatic imine (C=N–C) groups is 1. The first-order valence-electron chi connectivity index (χ1n) is 5.21. The third-order valence-electron chi connectivity index (χ3n) is 2.21. The summed E-state index contributed by atoms with van der Waals surface area (Å²) in [5.41, 5.74) is 3.23. The van der Waals surface area contributed by atoms with Crippen molar-refractivity contribution in [3.63, 3.8) is 0 Å². The Morgan fingerprint density at radius 1 is 1.33 bits per heavy atom. The topological polar surface area (TPSA) is 12.4 Å². The van der Waals surface area contributed by atoms with E-state index in [2.05, 4.69) is 36.7 Å². The molecule has 1 nitrogen and oxygen atoms in total. The van der Waals surface area contributed by atoms with E-state index in [4.69, 9.17) is 0 Å². The van der Waals surface area contributed by atoms with Gasteiger partial charge in [0.2, 0.25) is 0 Å². The first-order chi connectivity index (χ1) is 7.27. The van der Waals surface area contributed by atoms with E-state index in [0.29, 0.717) is 0 Å². The molecule has 1 aromatic rings. The standard InChI is InChI=1S/C14H17N/c1-4-12(3)15-11-13(5-2)14-9-7-6-8-10-14/h5-11H,3-4H2,1-2H3/b13-5+,15-11?. The quantitative estimate of drug-likeness (QED) is 0.648. The Bertz CT molecular complexity index is 372. The van der Waals surface area contributed by atoms with Crippen LogP contribution in [0.1, 0.15) is 25.8 Å². The number of nitrogens with zero attached hydrogens (tertiary/aromatic N) is 1. The third kappa shape index (κ3) is 3.55. The molecule has 0 aliphatic rings. The highest BCUT2D eigenvalue weighted by Crippen LogP contribution is 2.12. The van der Waals surface area contributed by atoms with Gasteiger partial charge in [-0.2, -0.15) is 0 Å². The molecule has 0 unspecified atom stereocenters. The van der Waals surface area contributed by atoms with E-state index < -0.39 is 0 Å². The summed E-state index contributed by atoms with van der Waals surface area (Å²) in [4.78, 5) is 4.30. The molecule has 0 saturated carbocycles. The van der Waals surface area contributed by atoms with E-state index in [1.54, 1.807) is 0 Å². The van der Waals surface area contributed by atoms with Crippen molar-refractivity contribution in [3.8, 4) is 0 Å². The van der Waals surface area contributed by atoms with Gasteiger partial charge in [0, 0.05) is 11.9 Å². The molecule has 0 N–H and O–H groups in total. The Morgan fingerprint density at radius 3 is 2.53 bits per heavy atom. The minimum Gasteiger partial charge on any atom is -0.261 e. The van der Waals surface area contributed by atoms with Gasteiger partial charge in [-0.05, 0) is 24.5 Å². The molecule has 1 heteroatoms. The monoisotopic (exact) mass is 199 g/mol. The van der Waals surface area contributed by atoms with Crippen LogP contribution >= 0.6 is 0 Å². The van der Waals surface area contributed by atoms with Gasteiger partial charge in [0.05, 0.1) is 0 Å². The second-order valence-corrected chi connectivity index (χ2v) is 3.29. The summed E-state index contributed by atoms with van der Waals surface area (Å²) in [5.74, 6) is 0. The molecule has 1 rings (SSSR count). The number of hydrogen-bond acceptors (Lipinski definition) is 1. The van der Waals surface area contributed by atoms with Crippen LogP contribution in [0.3, 0.4) is 0 Å². The van der Waals surface area contributed by atoms with Crippen molar-refractivity contribution in [1.29, 1.82) is 0 Å². The maximum Gasteiger partial charge on any atom is 0.0346 e. The van der Waals surface area contributed by atoms with Crippen molar-refractivity contribution in [1.82, 2.24) is 0 Å². The molecule has 0 fully saturated rings. The Kier molecular flexibility index (Phi) is 4.55. The summed E-state index contributed by atoms with van der Waals surface area (Å²) in [6, 6.07) is 10.2. The fraction of sp³-hybridized carbons (Fsp3) is 0.214. The van der Waals surface area contributed by atoms with Crippen LogP contribution in [0, 0.1) is 0 Å². The minimum atomic E-state index is 0.891. The van der Waals surface area contributed by atoms with Gasteiger partial charge in [-0.3, -0.25) is 4.99 Å². The zero-order chi connectivity index (χ0) is 11.1. The van der Waals surface area contributed by atoms with Crippen molar-refractivity contribution in [2.75, 3.05) is 0 Å². The fourth-order valence-electron chi connectivity index (χ4n) is 1.20. The Hall–Kier alpha value is -1.63. The van der Waals surface area contributed by atoms with E-state index in [-0.39, 0.29) is 0 Å². The highest BCUT2D eigenvalue weighted by atomic mass is 14.7. The largest absolute Gasteiger partial charge is 0.261 e. The van der Waals surface area contributed by atoms with Gasteiger partial charge in [-0.25, -0.2) is 0 Å². The lowest BCUT2D eigenvalue weighted by atomic mass is 10.1. The highest BCUT2D eigenvalue weighted by Gasteiger charge is 1.95. The molecular formula is C14H17N. The SMILES string of the molecule is C=C(CC)N=C/C(=C\C)c1ccccc1. The maximum atomic E-state index is 4.30. The average Bonchev–Trinajstić information content (AvgIpc) is 2.31. The van der Waals surface area contributed by atoms with Crippen molar-refractivity contribution in [2.45, 2.75) is 20.3 Å². The van der Waals surface area contributed by atoms with Crippen molar-refractivity contribution >= 4 is 11.8 Å². The maximum absolute atomic E-state index is 4.30. The van der Waals surface area contributed by atoms with Crippen LogP contribution in [0.2, 0.25) is 0 Å². The highest BCUT2D eigenvalue weighted by molar-refractivity contribution is 6.09. The number of hydrogen-bond donors (Lipinski definition) is 0. The lowest BCUT2D eigenvalue weighted by Gasteiger charge is -2.00. The summed E-state index contributed by atoms with van der Waals surface area (Å²) in [6.07, 6.45) is 4.82. The molecular weight excluding hydrogens is 182 g/mol. The number of allylic oxidation sites excluding steroid dienone is 3. The van der Waals surface area contributed by atoms with E-state index in [1.165, 1.54) is 5.56 Å². The molecule has 15 heavy (non-hydrogen) atoms. The number of rotatable bonds is 4. The van der Waals surface area contributed by atoms with Gasteiger partial charge < -0.3 is 0 Å². The molecule has 1 aromatic carbocycles. The van der Waals surface area contributed by atoms with Crippen LogP contribution in [0.15, 0.2) is 53.7 Å². The molecule has 0 radical (unpaired) electrons. The second-order valence-electron chi connectivity index (χ2n) is 3.29. The lowest BCUT2D eigenvalue weighted by molar-refractivity contribution is 1.08. The van der Waals surface area contributed by atoms with Crippen molar-refractivity contribution in [2.24, 2.45) is 4.99 Å². The van der Waals surface area contributed by atoms with Crippen LogP contribution < -0.4 is 0 Å². The van der Waals surface area contributed by atoms with Gasteiger partial charge in [0.15, 0.2) is 0 Å². The molecule has 0 aliphatic carbocycles. The zero-order valence-electron chi connectivity index (χ0n) is 9.40. The molecule has 78 valence electrons. The number of benzene rings is 1. The smallest absolute Gasteiger partial charge is 0.0346 e. The Labute approximate surface area is 91.9 Å². The van der Waals surface area contributed by atoms with Crippen LogP contribution in [0.5, 0.6) is 0 Å². The molecule has 0 aliphatic heterocycles. The summed E-state index contributed by atoms with van der Waals surface area (Å²) >= 11 is 0. The molecule has 0 spiro atoms. The fourth-order valence-corrected chi connectivity index (χ4v) is 1.20. The van der Waals surface area contributed by atoms with Gasteiger partial charge in [-0.1, -0.05) is 49.9 Å². The normalized spacial score (nSPS) is 12.0. The molecule has 0 atom stereocenters. The predicted molar refractivity (Wildman–Crippen MR) is 68.0 cm³/mol. The van der Waals surface area contributed by atoms with Gasteiger partial charge in [0.25, 0.3) is 0 Å². The Balaban J connectivity index is 2.84. The van der Waals surface area contributed by atoms with E-state index in [1.807, 2.05) is 31.3 Å². The summed E-state index contributed by atoms with van der Waals surface area (Å²) < 4.78 is 0. The van der Waals surface area contributed by atoms with Gasteiger partial charge >= 0.3 is 0 Å². The summed E-state index contributed by atoms with van der Waals surface area (Å²) in [5, 5.41) is 0. The second kappa shape index (κ2) is 5.97. The molecule has 0 aromatic heterocycles. The molecule has 0 amide bonds. The van der Waals surface area contributed by atoms with E-state index in [0.717, 1.165) is 17.7 Å². The van der Waals surface area contributed by atoms with Gasteiger partial charge in [-0.15, -0.1) is 0 Å². The first-order valence-corrected chi connectivity index (χ1v) is 5.21. The zero-order valence-corrected chi connectivity index (χ0v) is 9.40. The van der Waals surface area contributed by atoms with E-state index in [9.17, 15) is 0 Å². The van der Waals surface area contributed by atoms with Gasteiger partial charge in [0.1, 0.15) is 0 Å².